The highest BCUT2D eigenvalue weighted by molar-refractivity contribution is 6.93. The zero-order chi connectivity index (χ0) is 26.6. The molecule has 0 bridgehead atoms. The van der Waals surface area contributed by atoms with Crippen LogP contribution in [0.15, 0.2) is 139 Å². The monoisotopic (exact) mass is 514 g/mol. The molecule has 1 unspecified atom stereocenters. The zero-order valence-corrected chi connectivity index (χ0v) is 22.3. The summed E-state index contributed by atoms with van der Waals surface area (Å²) in [7, 11) is 0. The normalized spacial score (nSPS) is 16.7. The molecule has 2 nitrogen and oxygen atoms in total. The lowest BCUT2D eigenvalue weighted by Gasteiger charge is -2.39. The Balaban J connectivity index is 1.35. The van der Waals surface area contributed by atoms with Gasteiger partial charge in [-0.1, -0.05) is 110 Å². The van der Waals surface area contributed by atoms with Crippen LogP contribution in [0.4, 0.5) is 0 Å². The van der Waals surface area contributed by atoms with Crippen LogP contribution >= 0.6 is 0 Å². The highest BCUT2D eigenvalue weighted by atomic mass is 16.5. The highest BCUT2D eigenvalue weighted by Gasteiger charge is 2.45. The molecule has 2 aliphatic heterocycles. The maximum atomic E-state index is 6.86. The molecule has 0 N–H and O–H groups in total. The van der Waals surface area contributed by atoms with Gasteiger partial charge in [-0.05, 0) is 75.4 Å². The SMILES string of the molecule is CC1CC(c2ccccc2)=CC2=C1B1c3ccc(-c4ccccc4)cc3Oc3c(-c4ccccc4)ccc(c31)O2. The van der Waals surface area contributed by atoms with Crippen molar-refractivity contribution in [1.29, 1.82) is 0 Å². The van der Waals surface area contributed by atoms with Gasteiger partial charge in [0.15, 0.2) is 0 Å². The fraction of sp³-hybridized carbons (Fsp3) is 0.0811. The van der Waals surface area contributed by atoms with Gasteiger partial charge < -0.3 is 9.47 Å². The highest BCUT2D eigenvalue weighted by Crippen LogP contribution is 2.46. The van der Waals surface area contributed by atoms with Crippen LogP contribution in [-0.4, -0.2) is 6.71 Å². The van der Waals surface area contributed by atoms with Crippen molar-refractivity contribution in [2.45, 2.75) is 13.3 Å². The summed E-state index contributed by atoms with van der Waals surface area (Å²) in [6.45, 7) is 2.42. The number of hydrogen-bond donors (Lipinski definition) is 0. The van der Waals surface area contributed by atoms with Gasteiger partial charge in [-0.3, -0.25) is 0 Å². The number of allylic oxidation sites excluding steroid dienone is 3. The van der Waals surface area contributed by atoms with Crippen molar-refractivity contribution in [1.82, 2.24) is 0 Å². The van der Waals surface area contributed by atoms with Crippen LogP contribution in [0.3, 0.4) is 0 Å². The number of fused-ring (bicyclic) bond motifs is 3. The Bertz CT molecular complexity index is 1820. The van der Waals surface area contributed by atoms with E-state index in [1.165, 1.54) is 27.6 Å². The predicted molar refractivity (Wildman–Crippen MR) is 165 cm³/mol. The first kappa shape index (κ1) is 23.2. The van der Waals surface area contributed by atoms with Crippen LogP contribution in [0.25, 0.3) is 27.8 Å². The van der Waals surface area contributed by atoms with Gasteiger partial charge in [0, 0.05) is 11.0 Å². The molecule has 3 heteroatoms. The van der Waals surface area contributed by atoms with Crippen LogP contribution in [-0.2, 0) is 0 Å². The average Bonchev–Trinajstić information content (AvgIpc) is 3.02. The van der Waals surface area contributed by atoms with Crippen LogP contribution in [0.1, 0.15) is 18.9 Å². The van der Waals surface area contributed by atoms with E-state index in [1.807, 2.05) is 0 Å². The number of ether oxygens (including phenoxy) is 2. The summed E-state index contributed by atoms with van der Waals surface area (Å²) in [5, 5.41) is 0. The Morgan fingerprint density at radius 3 is 2.02 bits per heavy atom. The molecule has 1 atom stereocenters. The predicted octanol–water partition coefficient (Wildman–Crippen LogP) is 8.04. The van der Waals surface area contributed by atoms with Gasteiger partial charge in [0.1, 0.15) is 23.0 Å². The summed E-state index contributed by atoms with van der Waals surface area (Å²) in [5.74, 6) is 4.01. The van der Waals surface area contributed by atoms with Gasteiger partial charge in [-0.15, -0.1) is 0 Å². The van der Waals surface area contributed by atoms with Gasteiger partial charge in [-0.25, -0.2) is 0 Å². The van der Waals surface area contributed by atoms with E-state index < -0.39 is 0 Å². The molecule has 40 heavy (non-hydrogen) atoms. The smallest absolute Gasteiger partial charge is 0.256 e. The van der Waals surface area contributed by atoms with Crippen molar-refractivity contribution in [2.24, 2.45) is 5.92 Å². The second-order valence-electron chi connectivity index (χ2n) is 10.9. The fourth-order valence-electron chi connectivity index (χ4n) is 6.63. The molecule has 3 aliphatic rings. The minimum absolute atomic E-state index is 0.0783. The van der Waals surface area contributed by atoms with E-state index >= 15 is 0 Å². The number of benzene rings is 5. The summed E-state index contributed by atoms with van der Waals surface area (Å²) in [6.07, 6.45) is 3.25. The number of hydrogen-bond acceptors (Lipinski definition) is 2. The van der Waals surface area contributed by atoms with E-state index in [0.717, 1.165) is 51.6 Å². The van der Waals surface area contributed by atoms with Crippen molar-refractivity contribution in [3.8, 4) is 39.5 Å². The van der Waals surface area contributed by atoms with Gasteiger partial charge in [0.05, 0.1) is 0 Å². The van der Waals surface area contributed by atoms with Crippen LogP contribution < -0.4 is 20.4 Å². The molecule has 0 saturated heterocycles. The molecule has 0 aromatic heterocycles. The van der Waals surface area contributed by atoms with Crippen molar-refractivity contribution in [3.05, 3.63) is 144 Å². The molecular formula is C37H27BO2. The molecule has 0 radical (unpaired) electrons. The maximum absolute atomic E-state index is 6.86. The van der Waals surface area contributed by atoms with E-state index in [1.54, 1.807) is 0 Å². The van der Waals surface area contributed by atoms with Crippen molar-refractivity contribution >= 4 is 23.2 Å². The average molecular weight is 514 g/mol. The molecule has 2 heterocycles. The molecule has 5 aromatic rings. The van der Waals surface area contributed by atoms with Crippen LogP contribution in [0, 0.1) is 5.92 Å². The molecule has 0 saturated carbocycles. The Labute approximate surface area is 235 Å². The topological polar surface area (TPSA) is 18.5 Å². The minimum atomic E-state index is 0.0783. The van der Waals surface area contributed by atoms with Crippen LogP contribution in [0.2, 0.25) is 0 Å². The van der Waals surface area contributed by atoms with Gasteiger partial charge in [-0.2, -0.15) is 0 Å². The van der Waals surface area contributed by atoms with Crippen LogP contribution in [0.5, 0.6) is 17.2 Å². The summed E-state index contributed by atoms with van der Waals surface area (Å²) in [4.78, 5) is 0. The molecule has 190 valence electrons. The maximum Gasteiger partial charge on any atom is 0.256 e. The third kappa shape index (κ3) is 3.66. The third-order valence-electron chi connectivity index (χ3n) is 8.50. The number of rotatable bonds is 3. The second-order valence-corrected chi connectivity index (χ2v) is 10.9. The quantitative estimate of drug-likeness (QED) is 0.227. The van der Waals surface area contributed by atoms with Gasteiger partial charge in [0.2, 0.25) is 0 Å². The molecule has 0 spiro atoms. The lowest BCUT2D eigenvalue weighted by Crippen LogP contribution is -2.53. The first-order valence-corrected chi connectivity index (χ1v) is 14.0. The Morgan fingerprint density at radius 1 is 0.625 bits per heavy atom. The molecule has 1 aliphatic carbocycles. The summed E-state index contributed by atoms with van der Waals surface area (Å²) < 4.78 is 13.6. The van der Waals surface area contributed by atoms with E-state index in [0.29, 0.717) is 5.92 Å². The second kappa shape index (κ2) is 9.17. The fourth-order valence-corrected chi connectivity index (χ4v) is 6.63. The lowest BCUT2D eigenvalue weighted by molar-refractivity contribution is 0.421. The molecule has 8 rings (SSSR count). The Morgan fingerprint density at radius 2 is 1.30 bits per heavy atom. The minimum Gasteiger partial charge on any atom is -0.459 e. The molecule has 0 fully saturated rings. The Hall–Kier alpha value is -4.76. The summed E-state index contributed by atoms with van der Waals surface area (Å²) in [6, 6.07) is 42.7. The van der Waals surface area contributed by atoms with E-state index in [4.69, 9.17) is 9.47 Å². The molecular weight excluding hydrogens is 487 g/mol. The summed E-state index contributed by atoms with van der Waals surface area (Å²) in [5.41, 5.74) is 10.9. The Kier molecular flexibility index (Phi) is 5.31. The van der Waals surface area contributed by atoms with E-state index in [9.17, 15) is 0 Å². The van der Waals surface area contributed by atoms with Gasteiger partial charge in [0.25, 0.3) is 6.71 Å². The first-order chi connectivity index (χ1) is 19.7. The van der Waals surface area contributed by atoms with Crippen molar-refractivity contribution in [2.75, 3.05) is 0 Å². The molecule has 5 aromatic carbocycles. The summed E-state index contributed by atoms with van der Waals surface area (Å²) >= 11 is 0. The largest absolute Gasteiger partial charge is 0.459 e. The third-order valence-corrected chi connectivity index (χ3v) is 8.50. The van der Waals surface area contributed by atoms with Gasteiger partial charge >= 0.3 is 0 Å². The van der Waals surface area contributed by atoms with E-state index in [2.05, 4.69) is 134 Å². The van der Waals surface area contributed by atoms with E-state index in [-0.39, 0.29) is 6.71 Å². The van der Waals surface area contributed by atoms with Crippen molar-refractivity contribution < 1.29 is 9.47 Å². The van der Waals surface area contributed by atoms with Crippen molar-refractivity contribution in [3.63, 3.8) is 0 Å². The standard InChI is InChI=1S/C37H27BO2/c1-24-21-29(26-13-7-3-8-14-26)23-34-35(24)38-31-19-17-28(25-11-5-2-6-12-25)22-33(31)40-37-30(27-15-9-4-10-16-27)18-20-32(39-34)36(37)38/h2-20,22-24H,21H2,1H3. The zero-order valence-electron chi connectivity index (χ0n) is 22.3. The molecule has 0 amide bonds. The first-order valence-electron chi connectivity index (χ1n) is 14.0. The lowest BCUT2D eigenvalue weighted by atomic mass is 9.32.